The molecule has 2 aromatic heterocycles. The van der Waals surface area contributed by atoms with Gasteiger partial charge in [-0.05, 0) is 36.8 Å². The molecule has 0 amide bonds. The lowest BCUT2D eigenvalue weighted by Gasteiger charge is -2.09. The number of aryl methyl sites for hydroxylation is 2. The molecular formula is C16H16N4O. The Kier molecular flexibility index (Phi) is 3.31. The minimum atomic E-state index is 0.727. The third-order valence-corrected chi connectivity index (χ3v) is 3.16. The summed E-state index contributed by atoms with van der Waals surface area (Å²) >= 11 is 0. The molecule has 3 rings (SSSR count). The summed E-state index contributed by atoms with van der Waals surface area (Å²) in [6.45, 7) is 1.97. The van der Waals surface area contributed by atoms with Gasteiger partial charge in [-0.2, -0.15) is 5.10 Å². The number of rotatable bonds is 3. The van der Waals surface area contributed by atoms with Gasteiger partial charge >= 0.3 is 0 Å². The Bertz CT molecular complexity index is 779. The Morgan fingerprint density at radius 3 is 2.76 bits per heavy atom. The number of nitrogen functional groups attached to an aromatic ring is 1. The van der Waals surface area contributed by atoms with Crippen LogP contribution >= 0.6 is 0 Å². The molecule has 5 nitrogen and oxygen atoms in total. The van der Waals surface area contributed by atoms with Gasteiger partial charge in [-0.1, -0.05) is 0 Å². The van der Waals surface area contributed by atoms with E-state index >= 15 is 0 Å². The van der Waals surface area contributed by atoms with Crippen molar-refractivity contribution in [1.82, 2.24) is 14.8 Å². The van der Waals surface area contributed by atoms with E-state index in [4.69, 9.17) is 10.5 Å². The van der Waals surface area contributed by atoms with E-state index in [1.807, 2.05) is 50.5 Å². The van der Waals surface area contributed by atoms with Crippen molar-refractivity contribution in [2.45, 2.75) is 6.92 Å². The summed E-state index contributed by atoms with van der Waals surface area (Å²) in [5.74, 6) is 1.52. The highest BCUT2D eigenvalue weighted by Crippen LogP contribution is 2.28. The molecule has 0 radical (unpaired) electrons. The van der Waals surface area contributed by atoms with Crippen LogP contribution in [0.4, 0.5) is 5.69 Å². The molecule has 0 aliphatic carbocycles. The molecule has 0 spiro atoms. The van der Waals surface area contributed by atoms with Gasteiger partial charge in [0.05, 0.1) is 11.9 Å². The molecule has 0 saturated heterocycles. The third-order valence-electron chi connectivity index (χ3n) is 3.16. The third kappa shape index (κ3) is 2.86. The molecule has 21 heavy (non-hydrogen) atoms. The topological polar surface area (TPSA) is 66.0 Å². The van der Waals surface area contributed by atoms with Crippen molar-refractivity contribution in [3.63, 3.8) is 0 Å². The minimum absolute atomic E-state index is 0.727. The molecule has 0 aliphatic rings. The lowest BCUT2D eigenvalue weighted by Crippen LogP contribution is -1.91. The predicted molar refractivity (Wildman–Crippen MR) is 82.1 cm³/mol. The van der Waals surface area contributed by atoms with Gasteiger partial charge in [-0.25, -0.2) is 0 Å². The SMILES string of the molecule is Cc1cc(N)ccc1Oc1ccnc(-c2cnn(C)c2)c1. The second-order valence-corrected chi connectivity index (χ2v) is 4.91. The van der Waals surface area contributed by atoms with Gasteiger partial charge in [0.2, 0.25) is 0 Å². The van der Waals surface area contributed by atoms with Crippen LogP contribution in [0.2, 0.25) is 0 Å². The van der Waals surface area contributed by atoms with Gasteiger partial charge in [0.25, 0.3) is 0 Å². The molecule has 0 bridgehead atoms. The van der Waals surface area contributed by atoms with Crippen molar-refractivity contribution in [3.8, 4) is 22.8 Å². The van der Waals surface area contributed by atoms with Crippen LogP contribution in [-0.2, 0) is 7.05 Å². The lowest BCUT2D eigenvalue weighted by atomic mass is 10.2. The lowest BCUT2D eigenvalue weighted by molar-refractivity contribution is 0.478. The van der Waals surface area contributed by atoms with Crippen molar-refractivity contribution in [2.75, 3.05) is 5.73 Å². The zero-order valence-electron chi connectivity index (χ0n) is 11.9. The Labute approximate surface area is 123 Å². The van der Waals surface area contributed by atoms with E-state index in [0.29, 0.717) is 0 Å². The van der Waals surface area contributed by atoms with E-state index in [1.54, 1.807) is 17.1 Å². The highest BCUT2D eigenvalue weighted by atomic mass is 16.5. The Morgan fingerprint density at radius 2 is 2.05 bits per heavy atom. The average molecular weight is 280 g/mol. The fourth-order valence-corrected chi connectivity index (χ4v) is 2.10. The summed E-state index contributed by atoms with van der Waals surface area (Å²) in [7, 11) is 1.88. The molecule has 106 valence electrons. The van der Waals surface area contributed by atoms with Gasteiger partial charge in [-0.3, -0.25) is 9.67 Å². The molecule has 5 heteroatoms. The Hall–Kier alpha value is -2.82. The van der Waals surface area contributed by atoms with Gasteiger partial charge < -0.3 is 10.5 Å². The molecule has 1 aromatic carbocycles. The molecule has 2 N–H and O–H groups in total. The minimum Gasteiger partial charge on any atom is -0.457 e. The predicted octanol–water partition coefficient (Wildman–Crippen LogP) is 3.17. The van der Waals surface area contributed by atoms with E-state index in [-0.39, 0.29) is 0 Å². The number of nitrogens with two attached hydrogens (primary N) is 1. The molecule has 0 saturated carbocycles. The van der Waals surface area contributed by atoms with Crippen LogP contribution in [0.3, 0.4) is 0 Å². The number of aromatic nitrogens is 3. The smallest absolute Gasteiger partial charge is 0.131 e. The largest absolute Gasteiger partial charge is 0.457 e. The van der Waals surface area contributed by atoms with Crippen molar-refractivity contribution in [2.24, 2.45) is 7.05 Å². The Balaban J connectivity index is 1.89. The quantitative estimate of drug-likeness (QED) is 0.748. The molecule has 2 heterocycles. The summed E-state index contributed by atoms with van der Waals surface area (Å²) in [6, 6.07) is 9.31. The first-order valence-electron chi connectivity index (χ1n) is 6.61. The van der Waals surface area contributed by atoms with Crippen LogP contribution in [0.15, 0.2) is 48.9 Å². The number of nitrogens with zero attached hydrogens (tertiary/aromatic N) is 3. The highest BCUT2D eigenvalue weighted by Gasteiger charge is 2.06. The van der Waals surface area contributed by atoms with E-state index in [9.17, 15) is 0 Å². The first-order valence-corrected chi connectivity index (χ1v) is 6.61. The van der Waals surface area contributed by atoms with Gasteiger partial charge in [0.15, 0.2) is 0 Å². The second-order valence-electron chi connectivity index (χ2n) is 4.91. The second kappa shape index (κ2) is 5.28. The van der Waals surface area contributed by atoms with Crippen LogP contribution in [-0.4, -0.2) is 14.8 Å². The van der Waals surface area contributed by atoms with Crippen LogP contribution in [0.5, 0.6) is 11.5 Å². The average Bonchev–Trinajstić information content (AvgIpc) is 2.89. The summed E-state index contributed by atoms with van der Waals surface area (Å²) in [5, 5.41) is 4.15. The highest BCUT2D eigenvalue weighted by molar-refractivity contribution is 5.59. The van der Waals surface area contributed by atoms with Crippen molar-refractivity contribution in [1.29, 1.82) is 0 Å². The van der Waals surface area contributed by atoms with Crippen LogP contribution in [0.25, 0.3) is 11.3 Å². The molecule has 3 aromatic rings. The molecule has 0 unspecified atom stereocenters. The number of ether oxygens (including phenoxy) is 1. The first kappa shape index (κ1) is 13.2. The fraction of sp³-hybridized carbons (Fsp3) is 0.125. The molecule has 0 atom stereocenters. The monoisotopic (exact) mass is 280 g/mol. The van der Waals surface area contributed by atoms with Gasteiger partial charge in [-0.15, -0.1) is 0 Å². The standard InChI is InChI=1S/C16H16N4O/c1-11-7-13(17)3-4-16(11)21-14-5-6-18-15(8-14)12-9-19-20(2)10-12/h3-10H,17H2,1-2H3. The number of pyridine rings is 1. The van der Waals surface area contributed by atoms with E-state index < -0.39 is 0 Å². The normalized spacial score (nSPS) is 10.6. The Morgan fingerprint density at radius 1 is 1.19 bits per heavy atom. The number of benzene rings is 1. The van der Waals surface area contributed by atoms with Crippen molar-refractivity contribution >= 4 is 5.69 Å². The summed E-state index contributed by atoms with van der Waals surface area (Å²) in [5.41, 5.74) is 9.25. The number of hydrogen-bond donors (Lipinski definition) is 1. The van der Waals surface area contributed by atoms with Crippen LogP contribution in [0, 0.1) is 6.92 Å². The number of anilines is 1. The maximum atomic E-state index is 5.91. The van der Waals surface area contributed by atoms with Gasteiger partial charge in [0, 0.05) is 36.8 Å². The molecule has 0 aliphatic heterocycles. The van der Waals surface area contributed by atoms with Gasteiger partial charge in [0.1, 0.15) is 11.5 Å². The van der Waals surface area contributed by atoms with Crippen LogP contribution < -0.4 is 10.5 Å². The zero-order valence-corrected chi connectivity index (χ0v) is 11.9. The maximum absolute atomic E-state index is 5.91. The zero-order chi connectivity index (χ0) is 14.8. The van der Waals surface area contributed by atoms with E-state index in [0.717, 1.165) is 34.0 Å². The summed E-state index contributed by atoms with van der Waals surface area (Å²) < 4.78 is 7.66. The van der Waals surface area contributed by atoms with E-state index in [1.165, 1.54) is 0 Å². The fourth-order valence-electron chi connectivity index (χ4n) is 2.10. The van der Waals surface area contributed by atoms with Crippen molar-refractivity contribution in [3.05, 3.63) is 54.5 Å². The van der Waals surface area contributed by atoms with Crippen LogP contribution in [0.1, 0.15) is 5.56 Å². The van der Waals surface area contributed by atoms with Crippen molar-refractivity contribution < 1.29 is 4.74 Å². The molecule has 0 fully saturated rings. The molecular weight excluding hydrogens is 264 g/mol. The summed E-state index contributed by atoms with van der Waals surface area (Å²) in [6.07, 6.45) is 5.42. The summed E-state index contributed by atoms with van der Waals surface area (Å²) in [4.78, 5) is 4.35. The van der Waals surface area contributed by atoms with E-state index in [2.05, 4.69) is 10.1 Å². The first-order chi connectivity index (χ1) is 10.1. The number of hydrogen-bond acceptors (Lipinski definition) is 4. The maximum Gasteiger partial charge on any atom is 0.131 e.